The van der Waals surface area contributed by atoms with Gasteiger partial charge in [0.2, 0.25) is 0 Å². The molecule has 2 amide bonds. The lowest BCUT2D eigenvalue weighted by Gasteiger charge is -2.31. The summed E-state index contributed by atoms with van der Waals surface area (Å²) in [6, 6.07) is 28.4. The molecule has 3 aromatic carbocycles. The number of hydrogen-bond donors (Lipinski definition) is 1. The zero-order valence-corrected chi connectivity index (χ0v) is 23.4. The van der Waals surface area contributed by atoms with Gasteiger partial charge < -0.3 is 14.8 Å². The zero-order chi connectivity index (χ0) is 27.1. The molecular formula is C32H31N5OS. The molecule has 7 heteroatoms. The van der Waals surface area contributed by atoms with Gasteiger partial charge in [-0.1, -0.05) is 36.4 Å². The van der Waals surface area contributed by atoms with Crippen molar-refractivity contribution in [2.24, 2.45) is 0 Å². The van der Waals surface area contributed by atoms with Gasteiger partial charge in [0.1, 0.15) is 5.82 Å². The summed E-state index contributed by atoms with van der Waals surface area (Å²) in [4.78, 5) is 17.3. The van der Waals surface area contributed by atoms with Crippen LogP contribution in [0.1, 0.15) is 39.7 Å². The first kappa shape index (κ1) is 25.1. The van der Waals surface area contributed by atoms with E-state index in [1.54, 1.807) is 11.8 Å². The standard InChI is InChI=1S/C32H31N5OS/c1-21-12-15-25(19-22(21)2)33-32(38)36-20-28-23(3)34-37(26-9-6-5-7-10-26)31(28)35-18-8-11-29(35)30(36)24-13-16-27(39-4)17-14-24/h5-19,30H,20H2,1-4H3,(H,33,38). The van der Waals surface area contributed by atoms with Crippen molar-refractivity contribution >= 4 is 23.5 Å². The minimum atomic E-state index is -0.293. The third kappa shape index (κ3) is 4.53. The van der Waals surface area contributed by atoms with Gasteiger partial charge in [-0.15, -0.1) is 11.8 Å². The number of urea groups is 1. The molecule has 0 spiro atoms. The number of anilines is 1. The fourth-order valence-electron chi connectivity index (χ4n) is 5.30. The fraction of sp³-hybridized carbons (Fsp3) is 0.188. The molecule has 0 aliphatic carbocycles. The van der Waals surface area contributed by atoms with Crippen molar-refractivity contribution in [2.45, 2.75) is 38.3 Å². The monoisotopic (exact) mass is 533 g/mol. The summed E-state index contributed by atoms with van der Waals surface area (Å²) in [5, 5.41) is 8.12. The number of nitrogens with zero attached hydrogens (tertiary/aromatic N) is 4. The van der Waals surface area contributed by atoms with Gasteiger partial charge in [0, 0.05) is 22.3 Å². The van der Waals surface area contributed by atoms with Crippen molar-refractivity contribution in [3.63, 3.8) is 0 Å². The number of aromatic nitrogens is 3. The quantitative estimate of drug-likeness (QED) is 0.244. The second-order valence-electron chi connectivity index (χ2n) is 9.97. The molecule has 0 bridgehead atoms. The predicted molar refractivity (Wildman–Crippen MR) is 158 cm³/mol. The van der Waals surface area contributed by atoms with Crippen LogP contribution in [0.3, 0.4) is 0 Å². The summed E-state index contributed by atoms with van der Waals surface area (Å²) in [6.07, 6.45) is 4.15. The van der Waals surface area contributed by atoms with Crippen LogP contribution in [0.4, 0.5) is 10.5 Å². The Hall–Kier alpha value is -4.23. The highest BCUT2D eigenvalue weighted by atomic mass is 32.2. The number of nitrogens with one attached hydrogen (secondary N) is 1. The number of para-hydroxylation sites is 1. The normalized spacial score (nSPS) is 14.5. The minimum Gasteiger partial charge on any atom is -0.308 e. The lowest BCUT2D eigenvalue weighted by atomic mass is 10.0. The Balaban J connectivity index is 1.52. The van der Waals surface area contributed by atoms with Gasteiger partial charge >= 0.3 is 6.03 Å². The summed E-state index contributed by atoms with van der Waals surface area (Å²) in [6.45, 7) is 6.58. The van der Waals surface area contributed by atoms with E-state index in [2.05, 4.69) is 78.6 Å². The SMILES string of the molecule is CSc1ccc(C2c3cccn3-c3c(c(C)nn3-c3ccccc3)CN2C(=O)Nc2ccc(C)c(C)c2)cc1. The van der Waals surface area contributed by atoms with Gasteiger partial charge in [0.05, 0.1) is 29.7 Å². The Morgan fingerprint density at radius 3 is 2.41 bits per heavy atom. The van der Waals surface area contributed by atoms with Crippen LogP contribution in [0, 0.1) is 20.8 Å². The molecule has 0 fully saturated rings. The number of benzene rings is 3. The van der Waals surface area contributed by atoms with Crippen LogP contribution in [0.2, 0.25) is 0 Å². The summed E-state index contributed by atoms with van der Waals surface area (Å²) in [7, 11) is 0. The van der Waals surface area contributed by atoms with Crippen molar-refractivity contribution in [2.75, 3.05) is 11.6 Å². The molecule has 1 aliphatic heterocycles. The lowest BCUT2D eigenvalue weighted by Crippen LogP contribution is -2.38. The van der Waals surface area contributed by atoms with Crippen LogP contribution < -0.4 is 5.32 Å². The van der Waals surface area contributed by atoms with E-state index >= 15 is 0 Å². The number of amides is 2. The molecule has 1 atom stereocenters. The first-order valence-electron chi connectivity index (χ1n) is 13.0. The molecule has 0 saturated heterocycles. The summed E-state index contributed by atoms with van der Waals surface area (Å²) < 4.78 is 4.19. The maximum absolute atomic E-state index is 14.1. The minimum absolute atomic E-state index is 0.148. The Labute approximate surface area is 233 Å². The second kappa shape index (κ2) is 10.2. The lowest BCUT2D eigenvalue weighted by molar-refractivity contribution is 0.194. The fourth-order valence-corrected chi connectivity index (χ4v) is 5.71. The van der Waals surface area contributed by atoms with E-state index in [-0.39, 0.29) is 12.1 Å². The van der Waals surface area contributed by atoms with Crippen molar-refractivity contribution < 1.29 is 4.79 Å². The molecule has 3 heterocycles. The smallest absolute Gasteiger partial charge is 0.308 e. The summed E-state index contributed by atoms with van der Waals surface area (Å²) >= 11 is 1.71. The molecule has 6 rings (SSSR count). The van der Waals surface area contributed by atoms with Gasteiger partial charge in [-0.3, -0.25) is 0 Å². The van der Waals surface area contributed by atoms with E-state index in [0.717, 1.165) is 45.3 Å². The van der Waals surface area contributed by atoms with E-state index < -0.39 is 0 Å². The number of fused-ring (bicyclic) bond motifs is 3. The van der Waals surface area contributed by atoms with Gasteiger partial charge in [-0.25, -0.2) is 9.48 Å². The van der Waals surface area contributed by atoms with E-state index in [4.69, 9.17) is 5.10 Å². The third-order valence-corrected chi connectivity index (χ3v) is 8.28. The van der Waals surface area contributed by atoms with Crippen LogP contribution in [0.25, 0.3) is 11.5 Å². The average Bonchev–Trinajstić information content (AvgIpc) is 3.51. The van der Waals surface area contributed by atoms with Crippen LogP contribution >= 0.6 is 11.8 Å². The average molecular weight is 534 g/mol. The van der Waals surface area contributed by atoms with Crippen LogP contribution in [0.5, 0.6) is 0 Å². The Kier molecular flexibility index (Phi) is 6.53. The van der Waals surface area contributed by atoms with E-state index in [1.807, 2.05) is 59.0 Å². The number of thioether (sulfide) groups is 1. The van der Waals surface area contributed by atoms with E-state index in [1.165, 1.54) is 10.5 Å². The first-order chi connectivity index (χ1) is 18.9. The highest BCUT2D eigenvalue weighted by Crippen LogP contribution is 2.39. The molecular weight excluding hydrogens is 502 g/mol. The van der Waals surface area contributed by atoms with Crippen LogP contribution in [-0.2, 0) is 6.54 Å². The summed E-state index contributed by atoms with van der Waals surface area (Å²) in [5.41, 5.74) is 8.10. The number of hydrogen-bond acceptors (Lipinski definition) is 3. The van der Waals surface area contributed by atoms with Crippen molar-refractivity contribution in [1.82, 2.24) is 19.2 Å². The number of rotatable bonds is 4. The molecule has 1 unspecified atom stereocenters. The molecule has 196 valence electrons. The Morgan fingerprint density at radius 1 is 0.923 bits per heavy atom. The topological polar surface area (TPSA) is 55.1 Å². The van der Waals surface area contributed by atoms with Gasteiger partial charge in [0.25, 0.3) is 0 Å². The van der Waals surface area contributed by atoms with Crippen LogP contribution in [0.15, 0.2) is 96.0 Å². The largest absolute Gasteiger partial charge is 0.322 e. The Morgan fingerprint density at radius 2 is 1.69 bits per heavy atom. The van der Waals surface area contributed by atoms with Gasteiger partial charge in [0.15, 0.2) is 0 Å². The summed E-state index contributed by atoms with van der Waals surface area (Å²) in [5.74, 6) is 0.964. The van der Waals surface area contributed by atoms with Crippen molar-refractivity contribution in [1.29, 1.82) is 0 Å². The molecule has 0 radical (unpaired) electrons. The van der Waals surface area contributed by atoms with Crippen LogP contribution in [-0.4, -0.2) is 31.5 Å². The van der Waals surface area contributed by atoms with Gasteiger partial charge in [-0.2, -0.15) is 5.10 Å². The van der Waals surface area contributed by atoms with E-state index in [9.17, 15) is 4.79 Å². The zero-order valence-electron chi connectivity index (χ0n) is 22.6. The second-order valence-corrected chi connectivity index (χ2v) is 10.9. The Bertz CT molecular complexity index is 1650. The van der Waals surface area contributed by atoms with Crippen molar-refractivity contribution in [3.05, 3.63) is 125 Å². The molecule has 0 saturated carbocycles. The first-order valence-corrected chi connectivity index (χ1v) is 14.3. The number of carbonyl (C=O) groups excluding carboxylic acids is 1. The maximum atomic E-state index is 14.1. The molecule has 5 aromatic rings. The number of aryl methyl sites for hydroxylation is 3. The maximum Gasteiger partial charge on any atom is 0.322 e. The molecule has 1 N–H and O–H groups in total. The predicted octanol–water partition coefficient (Wildman–Crippen LogP) is 7.45. The molecule has 6 nitrogen and oxygen atoms in total. The third-order valence-electron chi connectivity index (χ3n) is 7.54. The molecule has 1 aliphatic rings. The van der Waals surface area contributed by atoms with E-state index in [0.29, 0.717) is 6.54 Å². The molecule has 39 heavy (non-hydrogen) atoms. The highest BCUT2D eigenvalue weighted by molar-refractivity contribution is 7.98. The molecule has 2 aromatic heterocycles. The van der Waals surface area contributed by atoms with Crippen molar-refractivity contribution in [3.8, 4) is 11.5 Å². The van der Waals surface area contributed by atoms with Gasteiger partial charge in [-0.05, 0) is 92.2 Å². The highest BCUT2D eigenvalue weighted by Gasteiger charge is 2.36. The number of carbonyl (C=O) groups is 1.